The summed E-state index contributed by atoms with van der Waals surface area (Å²) in [6, 6.07) is 9.65. The Morgan fingerprint density at radius 1 is 1.23 bits per heavy atom. The van der Waals surface area contributed by atoms with Gasteiger partial charge in [0, 0.05) is 12.1 Å². The third-order valence-electron chi connectivity index (χ3n) is 4.49. The SMILES string of the molecule is CNC(=O)NC(=O)C(C)Sc1nc2cc(Cl)ccc2c(=O)n1-c1cc(C)ccc1OC. The van der Waals surface area contributed by atoms with Crippen LogP contribution in [0.2, 0.25) is 5.02 Å². The summed E-state index contributed by atoms with van der Waals surface area (Å²) < 4.78 is 6.88. The molecule has 0 aliphatic carbocycles. The van der Waals surface area contributed by atoms with Gasteiger partial charge in [0.15, 0.2) is 5.16 Å². The molecule has 2 aromatic carbocycles. The number of fused-ring (bicyclic) bond motifs is 1. The first-order valence-electron chi connectivity index (χ1n) is 9.31. The predicted octanol–water partition coefficient (Wildman–Crippen LogP) is 3.29. The molecule has 1 heterocycles. The number of aromatic nitrogens is 2. The van der Waals surface area contributed by atoms with Gasteiger partial charge in [0.05, 0.1) is 29.0 Å². The second-order valence-electron chi connectivity index (χ2n) is 6.70. The molecule has 3 amide bonds. The molecule has 0 saturated heterocycles. The smallest absolute Gasteiger partial charge is 0.321 e. The van der Waals surface area contributed by atoms with Crippen molar-refractivity contribution in [2.75, 3.05) is 14.2 Å². The molecule has 0 spiro atoms. The molecule has 3 rings (SSSR count). The number of rotatable bonds is 5. The standard InChI is InChI=1S/C21H21ClN4O4S/c1-11-5-8-17(30-4)16(9-11)26-19(28)14-7-6-13(22)10-15(14)24-21(26)31-12(2)18(27)25-20(29)23-3/h5-10,12H,1-4H3,(H2,23,25,27,29). The third-order valence-corrected chi connectivity index (χ3v) is 5.78. The van der Waals surface area contributed by atoms with Gasteiger partial charge in [-0.1, -0.05) is 29.4 Å². The molecule has 0 aliphatic rings. The number of carbonyl (C=O) groups excluding carboxylic acids is 2. The van der Waals surface area contributed by atoms with Gasteiger partial charge in [-0.25, -0.2) is 9.78 Å². The Morgan fingerprint density at radius 3 is 2.65 bits per heavy atom. The van der Waals surface area contributed by atoms with Crippen molar-refractivity contribution >= 4 is 46.2 Å². The molecule has 31 heavy (non-hydrogen) atoms. The minimum absolute atomic E-state index is 0.267. The Bertz CT molecular complexity index is 1230. The molecule has 10 heteroatoms. The first-order valence-corrected chi connectivity index (χ1v) is 10.6. The van der Waals surface area contributed by atoms with Gasteiger partial charge in [0.1, 0.15) is 5.75 Å². The van der Waals surface area contributed by atoms with Crippen molar-refractivity contribution in [3.63, 3.8) is 0 Å². The van der Waals surface area contributed by atoms with Crippen LogP contribution in [-0.4, -0.2) is 40.9 Å². The van der Waals surface area contributed by atoms with E-state index in [4.69, 9.17) is 16.3 Å². The molecule has 3 aromatic rings. The number of nitrogens with one attached hydrogen (secondary N) is 2. The molecule has 1 atom stereocenters. The molecule has 0 radical (unpaired) electrons. The summed E-state index contributed by atoms with van der Waals surface area (Å²) in [5.41, 5.74) is 1.49. The number of benzene rings is 2. The van der Waals surface area contributed by atoms with E-state index in [-0.39, 0.29) is 10.7 Å². The van der Waals surface area contributed by atoms with Gasteiger partial charge >= 0.3 is 6.03 Å². The Balaban J connectivity index is 2.20. The summed E-state index contributed by atoms with van der Waals surface area (Å²) in [7, 11) is 2.93. The maximum Gasteiger partial charge on any atom is 0.321 e. The topological polar surface area (TPSA) is 102 Å². The number of nitrogens with zero attached hydrogens (tertiary/aromatic N) is 2. The summed E-state index contributed by atoms with van der Waals surface area (Å²) in [6.45, 7) is 3.52. The van der Waals surface area contributed by atoms with Gasteiger partial charge in [-0.05, 0) is 49.7 Å². The molecule has 0 saturated carbocycles. The maximum atomic E-state index is 13.5. The lowest BCUT2D eigenvalue weighted by atomic mass is 10.2. The Morgan fingerprint density at radius 2 is 1.97 bits per heavy atom. The highest BCUT2D eigenvalue weighted by atomic mass is 35.5. The number of amides is 3. The number of carbonyl (C=O) groups is 2. The Kier molecular flexibility index (Phi) is 6.87. The molecule has 1 aromatic heterocycles. The molecular formula is C21H21ClN4O4S. The molecule has 8 nitrogen and oxygen atoms in total. The predicted molar refractivity (Wildman–Crippen MR) is 122 cm³/mol. The van der Waals surface area contributed by atoms with Crippen molar-refractivity contribution in [3.8, 4) is 11.4 Å². The highest BCUT2D eigenvalue weighted by Gasteiger charge is 2.23. The lowest BCUT2D eigenvalue weighted by molar-refractivity contribution is -0.119. The fraction of sp³-hybridized carbons (Fsp3) is 0.238. The second-order valence-corrected chi connectivity index (χ2v) is 8.44. The number of methoxy groups -OCH3 is 1. The van der Waals surface area contributed by atoms with Gasteiger partial charge < -0.3 is 10.1 Å². The first-order chi connectivity index (χ1) is 14.7. The van der Waals surface area contributed by atoms with Crippen LogP contribution in [0.1, 0.15) is 12.5 Å². The highest BCUT2D eigenvalue weighted by molar-refractivity contribution is 8.00. The molecule has 1 unspecified atom stereocenters. The number of thioether (sulfide) groups is 1. The largest absolute Gasteiger partial charge is 0.495 e. The molecule has 0 fully saturated rings. The summed E-state index contributed by atoms with van der Waals surface area (Å²) in [4.78, 5) is 42.0. The van der Waals surface area contributed by atoms with Crippen molar-refractivity contribution in [1.29, 1.82) is 0 Å². The second kappa shape index (κ2) is 9.40. The first kappa shape index (κ1) is 22.6. The minimum atomic E-state index is -0.720. The van der Waals surface area contributed by atoms with E-state index < -0.39 is 17.2 Å². The zero-order valence-corrected chi connectivity index (χ0v) is 18.9. The van der Waals surface area contributed by atoms with Gasteiger partial charge in [0.2, 0.25) is 5.91 Å². The van der Waals surface area contributed by atoms with E-state index in [1.807, 2.05) is 19.1 Å². The van der Waals surface area contributed by atoms with Crippen LogP contribution >= 0.6 is 23.4 Å². The van der Waals surface area contributed by atoms with Crippen LogP contribution in [0.15, 0.2) is 46.3 Å². The summed E-state index contributed by atoms with van der Waals surface area (Å²) in [5.74, 6) is -0.0420. The normalized spacial score (nSPS) is 11.8. The van der Waals surface area contributed by atoms with Crippen LogP contribution in [0.3, 0.4) is 0 Å². The van der Waals surface area contributed by atoms with E-state index in [0.29, 0.717) is 27.4 Å². The zero-order chi connectivity index (χ0) is 22.7. The van der Waals surface area contributed by atoms with Crippen molar-refractivity contribution < 1.29 is 14.3 Å². The van der Waals surface area contributed by atoms with E-state index in [9.17, 15) is 14.4 Å². The Hall–Kier alpha value is -3.04. The van der Waals surface area contributed by atoms with Crippen molar-refractivity contribution in [2.45, 2.75) is 24.3 Å². The zero-order valence-electron chi connectivity index (χ0n) is 17.4. The number of hydrogen-bond acceptors (Lipinski definition) is 6. The van der Waals surface area contributed by atoms with Crippen LogP contribution < -0.4 is 20.9 Å². The summed E-state index contributed by atoms with van der Waals surface area (Å²) in [5, 5.41) is 4.92. The third kappa shape index (κ3) is 4.83. The molecule has 0 aliphatic heterocycles. The van der Waals surface area contributed by atoms with E-state index in [0.717, 1.165) is 17.3 Å². The average Bonchev–Trinajstić information content (AvgIpc) is 2.73. The minimum Gasteiger partial charge on any atom is -0.495 e. The lowest BCUT2D eigenvalue weighted by Crippen LogP contribution is -2.41. The monoisotopic (exact) mass is 460 g/mol. The highest BCUT2D eigenvalue weighted by Crippen LogP contribution is 2.30. The summed E-state index contributed by atoms with van der Waals surface area (Å²) >= 11 is 7.14. The van der Waals surface area contributed by atoms with Crippen molar-refractivity contribution in [1.82, 2.24) is 20.2 Å². The van der Waals surface area contributed by atoms with Gasteiger partial charge in [-0.2, -0.15) is 0 Å². The van der Waals surface area contributed by atoms with Crippen LogP contribution in [0.25, 0.3) is 16.6 Å². The number of aryl methyl sites for hydroxylation is 1. The summed E-state index contributed by atoms with van der Waals surface area (Å²) in [6.07, 6.45) is 0. The number of imide groups is 1. The van der Waals surface area contributed by atoms with Gasteiger partial charge in [-0.3, -0.25) is 19.5 Å². The van der Waals surface area contributed by atoms with E-state index in [1.54, 1.807) is 31.2 Å². The molecular weight excluding hydrogens is 440 g/mol. The van der Waals surface area contributed by atoms with E-state index in [2.05, 4.69) is 15.6 Å². The van der Waals surface area contributed by atoms with Gasteiger partial charge in [-0.15, -0.1) is 0 Å². The maximum absolute atomic E-state index is 13.5. The number of urea groups is 1. The van der Waals surface area contributed by atoms with Crippen LogP contribution in [-0.2, 0) is 4.79 Å². The molecule has 162 valence electrons. The fourth-order valence-electron chi connectivity index (χ4n) is 2.89. The van der Waals surface area contributed by atoms with Crippen LogP contribution in [0, 0.1) is 6.92 Å². The lowest BCUT2D eigenvalue weighted by Gasteiger charge is -2.18. The average molecular weight is 461 g/mol. The van der Waals surface area contributed by atoms with Crippen LogP contribution in [0.5, 0.6) is 5.75 Å². The molecule has 2 N–H and O–H groups in total. The number of ether oxygens (including phenoxy) is 1. The number of halogens is 1. The van der Waals surface area contributed by atoms with Gasteiger partial charge in [0.25, 0.3) is 5.56 Å². The Labute approximate surface area is 187 Å². The fourth-order valence-corrected chi connectivity index (χ4v) is 3.98. The van der Waals surface area contributed by atoms with Crippen LogP contribution in [0.4, 0.5) is 4.79 Å². The number of hydrogen-bond donors (Lipinski definition) is 2. The molecule has 0 bridgehead atoms. The van der Waals surface area contributed by atoms with E-state index >= 15 is 0 Å². The van der Waals surface area contributed by atoms with Crippen molar-refractivity contribution in [3.05, 3.63) is 57.3 Å². The quantitative estimate of drug-likeness (QED) is 0.447. The van der Waals surface area contributed by atoms with Crippen molar-refractivity contribution in [2.24, 2.45) is 0 Å². The van der Waals surface area contributed by atoms with E-state index in [1.165, 1.54) is 18.7 Å².